The molecule has 0 unspecified atom stereocenters. The summed E-state index contributed by atoms with van der Waals surface area (Å²) in [4.78, 5) is 6.44. The van der Waals surface area contributed by atoms with Gasteiger partial charge in [-0.15, -0.1) is 0 Å². The van der Waals surface area contributed by atoms with Gasteiger partial charge in [-0.05, 0) is 38.0 Å². The Morgan fingerprint density at radius 2 is 1.71 bits per heavy atom. The van der Waals surface area contributed by atoms with Crippen LogP contribution in [0.2, 0.25) is 0 Å². The third-order valence-electron chi connectivity index (χ3n) is 4.85. The lowest BCUT2D eigenvalue weighted by atomic mass is 10.1. The zero-order chi connectivity index (χ0) is 17.5. The van der Waals surface area contributed by atoms with E-state index in [0.29, 0.717) is 32.0 Å². The minimum absolute atomic E-state index is 0.141. The van der Waals surface area contributed by atoms with Crippen LogP contribution in [0.1, 0.15) is 17.0 Å². The van der Waals surface area contributed by atoms with Crippen LogP contribution in [0.3, 0.4) is 0 Å². The number of hydrogen-bond donors (Lipinski definition) is 0. The van der Waals surface area contributed by atoms with Crippen molar-refractivity contribution < 1.29 is 8.42 Å². The first-order valence-corrected chi connectivity index (χ1v) is 9.56. The molecular formula is C17H24N4O2S. The van der Waals surface area contributed by atoms with E-state index < -0.39 is 10.0 Å². The Kier molecular flexibility index (Phi) is 4.40. The van der Waals surface area contributed by atoms with Gasteiger partial charge in [-0.2, -0.15) is 4.31 Å². The summed E-state index contributed by atoms with van der Waals surface area (Å²) in [5.41, 5.74) is 3.71. The monoisotopic (exact) mass is 348 g/mol. The Labute approximate surface area is 143 Å². The number of rotatable bonds is 3. The van der Waals surface area contributed by atoms with Crippen molar-refractivity contribution in [2.75, 3.05) is 31.1 Å². The number of aromatic nitrogens is 2. The number of imidazole rings is 1. The highest BCUT2D eigenvalue weighted by Crippen LogP contribution is 2.25. The summed E-state index contributed by atoms with van der Waals surface area (Å²) >= 11 is 0. The molecular weight excluding hydrogens is 324 g/mol. The van der Waals surface area contributed by atoms with Gasteiger partial charge in [-0.25, -0.2) is 13.4 Å². The highest BCUT2D eigenvalue weighted by Gasteiger charge is 2.31. The number of hydrogen-bond acceptors (Lipinski definition) is 4. The third-order valence-corrected chi connectivity index (χ3v) is 6.62. The molecule has 1 aromatic carbocycles. The number of benzene rings is 1. The van der Waals surface area contributed by atoms with Crippen molar-refractivity contribution in [3.05, 3.63) is 41.3 Å². The van der Waals surface area contributed by atoms with Crippen LogP contribution in [-0.2, 0) is 17.1 Å². The SMILES string of the molecule is Cc1cccc(N2CCN(S(=O)(=O)c3cn(C)c(C)n3)CC2)c1C. The van der Waals surface area contributed by atoms with E-state index in [1.54, 1.807) is 24.7 Å². The van der Waals surface area contributed by atoms with Gasteiger partial charge in [0, 0.05) is 45.1 Å². The molecule has 0 saturated carbocycles. The summed E-state index contributed by atoms with van der Waals surface area (Å²) in [6.07, 6.45) is 1.59. The molecule has 7 heteroatoms. The maximum Gasteiger partial charge on any atom is 0.262 e. The van der Waals surface area contributed by atoms with E-state index in [1.807, 2.05) is 0 Å². The topological polar surface area (TPSA) is 58.4 Å². The van der Waals surface area contributed by atoms with Crippen LogP contribution < -0.4 is 4.90 Å². The van der Waals surface area contributed by atoms with E-state index in [-0.39, 0.29) is 5.03 Å². The van der Waals surface area contributed by atoms with Crippen LogP contribution >= 0.6 is 0 Å². The van der Waals surface area contributed by atoms with Crippen LogP contribution in [0.4, 0.5) is 5.69 Å². The second kappa shape index (κ2) is 6.22. The van der Waals surface area contributed by atoms with E-state index in [0.717, 1.165) is 0 Å². The Morgan fingerprint density at radius 3 is 2.29 bits per heavy atom. The molecule has 1 fully saturated rings. The molecule has 0 amide bonds. The fraction of sp³-hybridized carbons (Fsp3) is 0.471. The summed E-state index contributed by atoms with van der Waals surface area (Å²) in [5.74, 6) is 0.697. The molecule has 1 aliphatic rings. The maximum atomic E-state index is 12.7. The fourth-order valence-electron chi connectivity index (χ4n) is 3.03. The first kappa shape index (κ1) is 17.0. The molecule has 0 N–H and O–H groups in total. The Balaban J connectivity index is 1.76. The Morgan fingerprint density at radius 1 is 1.04 bits per heavy atom. The average molecular weight is 348 g/mol. The van der Waals surface area contributed by atoms with Crippen molar-refractivity contribution in [3.8, 4) is 0 Å². The fourth-order valence-corrected chi connectivity index (χ4v) is 4.48. The molecule has 2 heterocycles. The van der Waals surface area contributed by atoms with Crippen LogP contribution in [0, 0.1) is 20.8 Å². The molecule has 1 aliphatic heterocycles. The predicted molar refractivity (Wildman–Crippen MR) is 94.8 cm³/mol. The molecule has 1 saturated heterocycles. The first-order chi connectivity index (χ1) is 11.3. The number of nitrogens with zero attached hydrogens (tertiary/aromatic N) is 4. The van der Waals surface area contributed by atoms with Gasteiger partial charge in [-0.3, -0.25) is 0 Å². The molecule has 24 heavy (non-hydrogen) atoms. The highest BCUT2D eigenvalue weighted by atomic mass is 32.2. The standard InChI is InChI=1S/C17H24N4O2S/c1-13-6-5-7-16(14(13)2)20-8-10-21(11-9-20)24(22,23)17-12-19(4)15(3)18-17/h5-7,12H,8-11H2,1-4H3. The molecule has 0 radical (unpaired) electrons. The van der Waals surface area contributed by atoms with E-state index in [2.05, 4.69) is 41.9 Å². The van der Waals surface area contributed by atoms with Crippen LogP contribution in [-0.4, -0.2) is 48.5 Å². The van der Waals surface area contributed by atoms with Gasteiger partial charge in [0.05, 0.1) is 0 Å². The number of anilines is 1. The molecule has 130 valence electrons. The lowest BCUT2D eigenvalue weighted by molar-refractivity contribution is 0.383. The zero-order valence-corrected chi connectivity index (χ0v) is 15.5. The summed E-state index contributed by atoms with van der Waals surface area (Å²) in [7, 11) is -1.71. The van der Waals surface area contributed by atoms with E-state index >= 15 is 0 Å². The molecule has 0 atom stereocenters. The third kappa shape index (κ3) is 2.93. The smallest absolute Gasteiger partial charge is 0.262 e. The number of sulfonamides is 1. The van der Waals surface area contributed by atoms with Gasteiger partial charge in [0.15, 0.2) is 5.03 Å². The maximum absolute atomic E-state index is 12.7. The van der Waals surface area contributed by atoms with Crippen LogP contribution in [0.25, 0.3) is 0 Å². The second-order valence-electron chi connectivity index (χ2n) is 6.35. The lowest BCUT2D eigenvalue weighted by Gasteiger charge is -2.36. The van der Waals surface area contributed by atoms with Gasteiger partial charge in [0.1, 0.15) is 5.82 Å². The average Bonchev–Trinajstić information content (AvgIpc) is 2.90. The zero-order valence-electron chi connectivity index (χ0n) is 14.7. The van der Waals surface area contributed by atoms with Crippen molar-refractivity contribution in [2.45, 2.75) is 25.8 Å². The summed E-state index contributed by atoms with van der Waals surface area (Å²) < 4.78 is 28.8. The molecule has 3 rings (SSSR count). The van der Waals surface area contributed by atoms with E-state index in [9.17, 15) is 8.42 Å². The molecule has 0 bridgehead atoms. The Bertz CT molecular complexity index is 830. The largest absolute Gasteiger partial charge is 0.369 e. The quantitative estimate of drug-likeness (QED) is 0.849. The number of aryl methyl sites for hydroxylation is 3. The summed E-state index contributed by atoms with van der Waals surface area (Å²) in [6, 6.07) is 6.26. The number of piperazine rings is 1. The van der Waals surface area contributed by atoms with Crippen LogP contribution in [0.15, 0.2) is 29.4 Å². The molecule has 2 aromatic rings. The van der Waals surface area contributed by atoms with Gasteiger partial charge < -0.3 is 9.47 Å². The van der Waals surface area contributed by atoms with Gasteiger partial charge in [0.2, 0.25) is 0 Å². The molecule has 1 aromatic heterocycles. The van der Waals surface area contributed by atoms with Crippen molar-refractivity contribution >= 4 is 15.7 Å². The lowest BCUT2D eigenvalue weighted by Crippen LogP contribution is -2.49. The minimum atomic E-state index is -3.51. The van der Waals surface area contributed by atoms with Gasteiger partial charge in [-0.1, -0.05) is 12.1 Å². The normalized spacial score (nSPS) is 16.6. The molecule has 0 spiro atoms. The second-order valence-corrected chi connectivity index (χ2v) is 8.23. The summed E-state index contributed by atoms with van der Waals surface area (Å²) in [5, 5.41) is 0.141. The van der Waals surface area contributed by atoms with Crippen molar-refractivity contribution in [2.24, 2.45) is 7.05 Å². The highest BCUT2D eigenvalue weighted by molar-refractivity contribution is 7.89. The van der Waals surface area contributed by atoms with Crippen molar-refractivity contribution in [1.82, 2.24) is 13.9 Å². The van der Waals surface area contributed by atoms with E-state index in [4.69, 9.17) is 0 Å². The minimum Gasteiger partial charge on any atom is -0.369 e. The first-order valence-electron chi connectivity index (χ1n) is 8.12. The molecule has 0 aliphatic carbocycles. The van der Waals surface area contributed by atoms with Gasteiger partial charge in [0.25, 0.3) is 10.0 Å². The summed E-state index contributed by atoms with van der Waals surface area (Å²) in [6.45, 7) is 8.35. The predicted octanol–water partition coefficient (Wildman–Crippen LogP) is 1.86. The van der Waals surface area contributed by atoms with E-state index in [1.165, 1.54) is 21.1 Å². The van der Waals surface area contributed by atoms with Crippen molar-refractivity contribution in [1.29, 1.82) is 0 Å². The molecule has 6 nitrogen and oxygen atoms in total. The van der Waals surface area contributed by atoms with Crippen LogP contribution in [0.5, 0.6) is 0 Å². The van der Waals surface area contributed by atoms with Gasteiger partial charge >= 0.3 is 0 Å². The van der Waals surface area contributed by atoms with Crippen molar-refractivity contribution in [3.63, 3.8) is 0 Å². The Hall–Kier alpha value is -1.86.